The Morgan fingerprint density at radius 1 is 1.35 bits per heavy atom. The van der Waals surface area contributed by atoms with Crippen molar-refractivity contribution in [2.75, 3.05) is 11.6 Å². The number of nitrogens with one attached hydrogen (secondary N) is 2. The smallest absolute Gasteiger partial charge is 0.241 e. The minimum absolute atomic E-state index is 0.0669. The molecule has 0 spiro atoms. The van der Waals surface area contributed by atoms with E-state index in [-0.39, 0.29) is 11.9 Å². The van der Waals surface area contributed by atoms with Crippen LogP contribution in [-0.4, -0.2) is 28.5 Å². The van der Waals surface area contributed by atoms with Crippen LogP contribution < -0.4 is 10.6 Å². The highest BCUT2D eigenvalue weighted by molar-refractivity contribution is 7.83. The average Bonchev–Trinajstić information content (AvgIpc) is 2.95. The summed E-state index contributed by atoms with van der Waals surface area (Å²) in [6.07, 6.45) is 7.68. The normalized spacial score (nSPS) is 28.2. The van der Waals surface area contributed by atoms with E-state index >= 15 is 0 Å². The Morgan fingerprint density at radius 2 is 2.13 bits per heavy atom. The minimum Gasteiger partial charge on any atom is -0.324 e. The third kappa shape index (κ3) is 3.83. The summed E-state index contributed by atoms with van der Waals surface area (Å²) in [5.41, 5.74) is 2.90. The Labute approximate surface area is 140 Å². The van der Waals surface area contributed by atoms with Gasteiger partial charge in [0.2, 0.25) is 5.91 Å². The van der Waals surface area contributed by atoms with Gasteiger partial charge in [-0.1, -0.05) is 25.0 Å². The van der Waals surface area contributed by atoms with Gasteiger partial charge in [0.15, 0.2) is 0 Å². The van der Waals surface area contributed by atoms with Crippen LogP contribution in [0.1, 0.15) is 43.2 Å². The monoisotopic (exact) mass is 334 g/mol. The van der Waals surface area contributed by atoms with E-state index < -0.39 is 10.8 Å². The molecule has 3 rings (SSSR count). The Morgan fingerprint density at radius 3 is 2.87 bits per heavy atom. The molecule has 2 N–H and O–H groups in total. The van der Waals surface area contributed by atoms with Crippen LogP contribution in [0.5, 0.6) is 0 Å². The number of amides is 1. The largest absolute Gasteiger partial charge is 0.324 e. The van der Waals surface area contributed by atoms with Crippen molar-refractivity contribution in [1.82, 2.24) is 5.32 Å². The van der Waals surface area contributed by atoms with Crippen molar-refractivity contribution in [2.45, 2.75) is 56.9 Å². The zero-order valence-electron chi connectivity index (χ0n) is 13.9. The lowest BCUT2D eigenvalue weighted by Gasteiger charge is -2.24. The van der Waals surface area contributed by atoms with E-state index in [1.54, 1.807) is 6.26 Å². The molecule has 0 aromatic heterocycles. The summed E-state index contributed by atoms with van der Waals surface area (Å²) in [5.74, 6) is 1.26. The summed E-state index contributed by atoms with van der Waals surface area (Å²) in [5, 5.41) is 6.59. The molecule has 23 heavy (non-hydrogen) atoms. The SMILES string of the molecule is Cc1c(CS(C)=O)cccc1NC(=O)C1CC2CCCCC2N1. The van der Waals surface area contributed by atoms with Gasteiger partial charge in [0, 0.05) is 34.5 Å². The standard InChI is InChI=1S/C18H26N2O2S/c1-12-14(11-23(2)22)7-5-9-15(12)20-18(21)17-10-13-6-3-4-8-16(13)19-17/h5,7,9,13,16-17,19H,3-4,6,8,10-11H2,1-2H3,(H,20,21). The molecule has 4 atom stereocenters. The lowest BCUT2D eigenvalue weighted by atomic mass is 9.85. The van der Waals surface area contributed by atoms with Crippen LogP contribution in [0.2, 0.25) is 0 Å². The molecule has 2 fully saturated rings. The van der Waals surface area contributed by atoms with E-state index in [0.29, 0.717) is 17.7 Å². The van der Waals surface area contributed by atoms with E-state index in [4.69, 9.17) is 0 Å². The highest BCUT2D eigenvalue weighted by Crippen LogP contribution is 2.33. The summed E-state index contributed by atoms with van der Waals surface area (Å²) in [6, 6.07) is 6.28. The lowest BCUT2D eigenvalue weighted by molar-refractivity contribution is -0.117. The Bertz CT molecular complexity index is 603. The quantitative estimate of drug-likeness (QED) is 0.890. The van der Waals surface area contributed by atoms with E-state index in [0.717, 1.165) is 23.2 Å². The molecule has 126 valence electrons. The van der Waals surface area contributed by atoms with Crippen LogP contribution in [0.3, 0.4) is 0 Å². The number of fused-ring (bicyclic) bond motifs is 1. The fraction of sp³-hybridized carbons (Fsp3) is 0.611. The van der Waals surface area contributed by atoms with Gasteiger partial charge in [-0.25, -0.2) is 0 Å². The van der Waals surface area contributed by atoms with Crippen LogP contribution in [0, 0.1) is 12.8 Å². The second-order valence-corrected chi connectivity index (χ2v) is 8.34. The highest BCUT2D eigenvalue weighted by atomic mass is 32.2. The van der Waals surface area contributed by atoms with Gasteiger partial charge < -0.3 is 10.6 Å². The molecule has 1 aromatic rings. The Hall–Kier alpha value is -1.20. The van der Waals surface area contributed by atoms with E-state index in [2.05, 4.69) is 10.6 Å². The lowest BCUT2D eigenvalue weighted by Crippen LogP contribution is -2.40. The van der Waals surface area contributed by atoms with Gasteiger partial charge in [-0.3, -0.25) is 9.00 Å². The zero-order chi connectivity index (χ0) is 16.4. The predicted octanol–water partition coefficient (Wildman–Crippen LogP) is 2.73. The molecular weight excluding hydrogens is 308 g/mol. The molecule has 1 heterocycles. The third-order valence-corrected chi connectivity index (χ3v) is 5.96. The summed E-state index contributed by atoms with van der Waals surface area (Å²) in [4.78, 5) is 12.6. The van der Waals surface area contributed by atoms with Crippen LogP contribution >= 0.6 is 0 Å². The molecule has 1 saturated carbocycles. The molecule has 1 aliphatic heterocycles. The van der Waals surface area contributed by atoms with E-state index in [1.807, 2.05) is 25.1 Å². The summed E-state index contributed by atoms with van der Waals surface area (Å²) >= 11 is 0. The molecule has 2 aliphatic rings. The number of anilines is 1. The van der Waals surface area contributed by atoms with Gasteiger partial charge in [0.1, 0.15) is 0 Å². The first kappa shape index (κ1) is 16.7. The van der Waals surface area contributed by atoms with Gasteiger partial charge in [-0.15, -0.1) is 0 Å². The van der Waals surface area contributed by atoms with E-state index in [9.17, 15) is 9.00 Å². The van der Waals surface area contributed by atoms with Crippen molar-refractivity contribution in [3.8, 4) is 0 Å². The number of rotatable bonds is 4. The average molecular weight is 334 g/mol. The van der Waals surface area contributed by atoms with Gasteiger partial charge in [-0.05, 0) is 49.3 Å². The number of carbonyl (C=O) groups is 1. The molecule has 1 aromatic carbocycles. The van der Waals surface area contributed by atoms with Crippen LogP contribution in [0.25, 0.3) is 0 Å². The first-order valence-corrected chi connectivity index (χ1v) is 10.2. The van der Waals surface area contributed by atoms with Crippen molar-refractivity contribution in [2.24, 2.45) is 5.92 Å². The maximum absolute atomic E-state index is 12.6. The van der Waals surface area contributed by atoms with Crippen molar-refractivity contribution in [1.29, 1.82) is 0 Å². The van der Waals surface area contributed by atoms with Gasteiger partial charge in [0.05, 0.1) is 6.04 Å². The molecular formula is C18H26N2O2S. The molecule has 5 heteroatoms. The summed E-state index contributed by atoms with van der Waals surface area (Å²) in [6.45, 7) is 1.99. The van der Waals surface area contributed by atoms with Crippen LogP contribution in [-0.2, 0) is 21.3 Å². The van der Waals surface area contributed by atoms with E-state index in [1.165, 1.54) is 25.7 Å². The van der Waals surface area contributed by atoms with Gasteiger partial charge in [0.25, 0.3) is 0 Å². The molecule has 4 nitrogen and oxygen atoms in total. The van der Waals surface area contributed by atoms with Crippen molar-refractivity contribution >= 4 is 22.4 Å². The number of benzene rings is 1. The van der Waals surface area contributed by atoms with Crippen molar-refractivity contribution < 1.29 is 9.00 Å². The summed E-state index contributed by atoms with van der Waals surface area (Å²) < 4.78 is 11.5. The predicted molar refractivity (Wildman–Crippen MR) is 94.9 cm³/mol. The Balaban J connectivity index is 1.67. The third-order valence-electron chi connectivity index (χ3n) is 5.24. The first-order valence-electron chi connectivity index (χ1n) is 8.50. The van der Waals surface area contributed by atoms with Crippen molar-refractivity contribution in [3.63, 3.8) is 0 Å². The maximum atomic E-state index is 12.6. The first-order chi connectivity index (χ1) is 11.0. The molecule has 1 aliphatic carbocycles. The number of hydrogen-bond acceptors (Lipinski definition) is 3. The van der Waals surface area contributed by atoms with Gasteiger partial charge in [-0.2, -0.15) is 0 Å². The summed E-state index contributed by atoms with van der Waals surface area (Å²) in [7, 11) is -0.880. The van der Waals surface area contributed by atoms with Crippen molar-refractivity contribution in [3.05, 3.63) is 29.3 Å². The molecule has 0 bridgehead atoms. The molecule has 4 unspecified atom stereocenters. The highest BCUT2D eigenvalue weighted by Gasteiger charge is 2.38. The maximum Gasteiger partial charge on any atom is 0.241 e. The number of carbonyl (C=O) groups excluding carboxylic acids is 1. The molecule has 1 amide bonds. The minimum atomic E-state index is -0.880. The fourth-order valence-electron chi connectivity index (χ4n) is 3.94. The van der Waals surface area contributed by atoms with Gasteiger partial charge >= 0.3 is 0 Å². The topological polar surface area (TPSA) is 58.2 Å². The second kappa shape index (κ2) is 7.14. The number of hydrogen-bond donors (Lipinski definition) is 2. The van der Waals surface area contributed by atoms with Crippen LogP contribution in [0.4, 0.5) is 5.69 Å². The fourth-order valence-corrected chi connectivity index (χ4v) is 4.69. The molecule has 0 radical (unpaired) electrons. The second-order valence-electron chi connectivity index (χ2n) is 6.90. The molecule has 1 saturated heterocycles. The Kier molecular flexibility index (Phi) is 5.17. The zero-order valence-corrected chi connectivity index (χ0v) is 14.7. The van der Waals surface area contributed by atoms with Crippen LogP contribution in [0.15, 0.2) is 18.2 Å².